The van der Waals surface area contributed by atoms with Crippen molar-refractivity contribution in [2.75, 3.05) is 30.3 Å². The molecular weight excluding hydrogens is 294 g/mol. The number of nitrogens with one attached hydrogen (secondary N) is 1. The van der Waals surface area contributed by atoms with E-state index in [1.807, 2.05) is 12.1 Å². The minimum absolute atomic E-state index is 0.288. The predicted octanol–water partition coefficient (Wildman–Crippen LogP) is 1.67. The Hall–Kier alpha value is -1.21. The summed E-state index contributed by atoms with van der Waals surface area (Å²) in [5.74, 6) is 0.839. The first-order valence-corrected chi connectivity index (χ1v) is 9.17. The van der Waals surface area contributed by atoms with Crippen molar-refractivity contribution in [3.63, 3.8) is 0 Å². The average molecular weight is 311 g/mol. The number of hydrogen-bond acceptors (Lipinski definition) is 5. The van der Waals surface area contributed by atoms with Gasteiger partial charge in [0.05, 0.1) is 11.4 Å². The number of aliphatic imine (C=N–C) groups is 1. The fourth-order valence-corrected chi connectivity index (χ4v) is 4.41. The van der Waals surface area contributed by atoms with E-state index in [1.165, 1.54) is 24.6 Å². The molecule has 0 aliphatic carbocycles. The van der Waals surface area contributed by atoms with E-state index >= 15 is 0 Å². The molecule has 2 aliphatic rings. The van der Waals surface area contributed by atoms with Crippen LogP contribution in [0.5, 0.6) is 0 Å². The molecule has 0 radical (unpaired) electrons. The number of nitrogens with zero attached hydrogens (tertiary/aromatic N) is 2. The second kappa shape index (κ2) is 5.65. The van der Waals surface area contributed by atoms with Crippen molar-refractivity contribution in [3.8, 4) is 0 Å². The molecule has 0 unspecified atom stereocenters. The van der Waals surface area contributed by atoms with E-state index in [0.29, 0.717) is 11.7 Å². The van der Waals surface area contributed by atoms with E-state index in [4.69, 9.17) is 0 Å². The topological polar surface area (TPSA) is 61.8 Å². The summed E-state index contributed by atoms with van der Waals surface area (Å²) in [4.78, 5) is 6.67. The molecule has 0 spiro atoms. The molecule has 108 valence electrons. The molecule has 20 heavy (non-hydrogen) atoms. The highest BCUT2D eigenvalue weighted by molar-refractivity contribution is 8.15. The van der Waals surface area contributed by atoms with Gasteiger partial charge in [-0.1, -0.05) is 11.8 Å². The van der Waals surface area contributed by atoms with Crippen molar-refractivity contribution in [1.29, 1.82) is 0 Å². The highest BCUT2D eigenvalue weighted by Gasteiger charge is 2.19. The summed E-state index contributed by atoms with van der Waals surface area (Å²) in [6.45, 7) is 2.78. The summed E-state index contributed by atoms with van der Waals surface area (Å²) >= 11 is 1.44. The Balaban J connectivity index is 1.75. The maximum atomic E-state index is 12.2. The van der Waals surface area contributed by atoms with Gasteiger partial charge in [-0.25, -0.2) is 8.42 Å². The van der Waals surface area contributed by atoms with Crippen LogP contribution in [-0.4, -0.2) is 39.0 Å². The van der Waals surface area contributed by atoms with Crippen LogP contribution < -0.4 is 9.62 Å². The monoisotopic (exact) mass is 311 g/mol. The van der Waals surface area contributed by atoms with Crippen LogP contribution in [0.2, 0.25) is 0 Å². The van der Waals surface area contributed by atoms with Crippen molar-refractivity contribution in [2.24, 2.45) is 4.99 Å². The standard InChI is InChI=1S/C13H17N3O2S2/c17-20(18,15-13-14-7-10-19-13)12-5-3-11(4-6-12)16-8-1-2-9-16/h3-6H,1-2,7-10H2,(H,14,15). The van der Waals surface area contributed by atoms with Gasteiger partial charge in [-0.05, 0) is 37.1 Å². The van der Waals surface area contributed by atoms with Gasteiger partial charge in [0.25, 0.3) is 10.0 Å². The Morgan fingerprint density at radius 2 is 1.85 bits per heavy atom. The van der Waals surface area contributed by atoms with Crippen LogP contribution in [0, 0.1) is 0 Å². The maximum Gasteiger partial charge on any atom is 0.263 e. The molecule has 0 saturated carbocycles. The normalized spacial score (nSPS) is 19.2. The predicted molar refractivity (Wildman–Crippen MR) is 83.0 cm³/mol. The van der Waals surface area contributed by atoms with Gasteiger partial charge >= 0.3 is 0 Å². The Morgan fingerprint density at radius 1 is 1.15 bits per heavy atom. The molecule has 0 atom stereocenters. The molecule has 1 fully saturated rings. The molecular formula is C13H17N3O2S2. The highest BCUT2D eigenvalue weighted by Crippen LogP contribution is 2.22. The van der Waals surface area contributed by atoms with Gasteiger partial charge < -0.3 is 4.90 Å². The van der Waals surface area contributed by atoms with Crippen LogP contribution in [0.4, 0.5) is 5.69 Å². The van der Waals surface area contributed by atoms with Crippen molar-refractivity contribution >= 4 is 32.6 Å². The Labute approximate surface area is 123 Å². The van der Waals surface area contributed by atoms with Gasteiger partial charge in [-0.2, -0.15) is 0 Å². The SMILES string of the molecule is O=S(=O)(NC1=NCCS1)c1ccc(N2CCCC2)cc1. The van der Waals surface area contributed by atoms with E-state index in [2.05, 4.69) is 14.6 Å². The van der Waals surface area contributed by atoms with Crippen molar-refractivity contribution in [3.05, 3.63) is 24.3 Å². The van der Waals surface area contributed by atoms with E-state index in [9.17, 15) is 8.42 Å². The highest BCUT2D eigenvalue weighted by atomic mass is 32.2. The molecule has 1 aromatic rings. The van der Waals surface area contributed by atoms with Gasteiger partial charge in [-0.15, -0.1) is 0 Å². The molecule has 0 bridgehead atoms. The van der Waals surface area contributed by atoms with E-state index in [-0.39, 0.29) is 4.90 Å². The second-order valence-corrected chi connectivity index (χ2v) is 7.59. The first kappa shape index (κ1) is 13.8. The molecule has 5 nitrogen and oxygen atoms in total. The summed E-state index contributed by atoms with van der Waals surface area (Å²) in [7, 11) is -3.50. The van der Waals surface area contributed by atoms with Crippen molar-refractivity contribution in [2.45, 2.75) is 17.7 Å². The second-order valence-electron chi connectivity index (χ2n) is 4.83. The van der Waals surface area contributed by atoms with Crippen LogP contribution in [0.25, 0.3) is 0 Å². The molecule has 1 aromatic carbocycles. The number of sulfonamides is 1. The Morgan fingerprint density at radius 3 is 2.45 bits per heavy atom. The fraction of sp³-hybridized carbons (Fsp3) is 0.462. The van der Waals surface area contributed by atoms with E-state index in [1.54, 1.807) is 12.1 Å². The zero-order valence-electron chi connectivity index (χ0n) is 11.1. The van der Waals surface area contributed by atoms with E-state index in [0.717, 1.165) is 24.5 Å². The molecule has 1 N–H and O–H groups in total. The van der Waals surface area contributed by atoms with Crippen LogP contribution in [0.1, 0.15) is 12.8 Å². The molecule has 0 amide bonds. The molecule has 2 aliphatic heterocycles. The molecule has 7 heteroatoms. The molecule has 3 rings (SSSR count). The summed E-state index contributed by atoms with van der Waals surface area (Å²) in [5.41, 5.74) is 1.09. The van der Waals surface area contributed by atoms with Crippen molar-refractivity contribution < 1.29 is 8.42 Å². The number of anilines is 1. The summed E-state index contributed by atoms with van der Waals surface area (Å²) < 4.78 is 26.9. The van der Waals surface area contributed by atoms with Gasteiger partial charge in [0.1, 0.15) is 0 Å². The van der Waals surface area contributed by atoms with Gasteiger partial charge in [0, 0.05) is 24.5 Å². The smallest absolute Gasteiger partial charge is 0.263 e. The summed E-state index contributed by atoms with van der Waals surface area (Å²) in [5, 5.41) is 0.494. The summed E-state index contributed by atoms with van der Waals surface area (Å²) in [6.07, 6.45) is 2.41. The lowest BCUT2D eigenvalue weighted by Crippen LogP contribution is -2.27. The van der Waals surface area contributed by atoms with Gasteiger partial charge in [-0.3, -0.25) is 9.71 Å². The van der Waals surface area contributed by atoms with Crippen LogP contribution in [0.15, 0.2) is 34.2 Å². The minimum Gasteiger partial charge on any atom is -0.372 e. The number of benzene rings is 1. The Kier molecular flexibility index (Phi) is 3.89. The number of hydrogen-bond donors (Lipinski definition) is 1. The van der Waals surface area contributed by atoms with E-state index < -0.39 is 10.0 Å². The third-order valence-corrected chi connectivity index (χ3v) is 5.80. The quantitative estimate of drug-likeness (QED) is 0.922. The first-order valence-electron chi connectivity index (χ1n) is 6.70. The molecule has 2 heterocycles. The Bertz CT molecular complexity index is 605. The first-order chi connectivity index (χ1) is 9.65. The zero-order chi connectivity index (χ0) is 14.0. The van der Waals surface area contributed by atoms with Crippen LogP contribution in [-0.2, 0) is 10.0 Å². The average Bonchev–Trinajstić information content (AvgIpc) is 3.11. The lowest BCUT2D eigenvalue weighted by Gasteiger charge is -2.17. The van der Waals surface area contributed by atoms with Crippen LogP contribution >= 0.6 is 11.8 Å². The fourth-order valence-electron chi connectivity index (χ4n) is 2.38. The largest absolute Gasteiger partial charge is 0.372 e. The third-order valence-electron chi connectivity index (χ3n) is 3.43. The maximum absolute atomic E-state index is 12.2. The lowest BCUT2D eigenvalue weighted by molar-refractivity contribution is 0.593. The molecule has 0 aromatic heterocycles. The van der Waals surface area contributed by atoms with Gasteiger partial charge in [0.15, 0.2) is 5.17 Å². The van der Waals surface area contributed by atoms with Crippen LogP contribution in [0.3, 0.4) is 0 Å². The molecule has 1 saturated heterocycles. The number of amidine groups is 1. The minimum atomic E-state index is -3.50. The number of rotatable bonds is 3. The van der Waals surface area contributed by atoms with Crippen molar-refractivity contribution in [1.82, 2.24) is 4.72 Å². The number of thioether (sulfide) groups is 1. The van der Waals surface area contributed by atoms with Gasteiger partial charge in [0.2, 0.25) is 0 Å². The lowest BCUT2D eigenvalue weighted by atomic mass is 10.3. The zero-order valence-corrected chi connectivity index (χ0v) is 12.7. The third kappa shape index (κ3) is 2.93. The summed E-state index contributed by atoms with van der Waals surface area (Å²) in [6, 6.07) is 7.08.